The summed E-state index contributed by atoms with van der Waals surface area (Å²) in [5.74, 6) is -15.6. The molecule has 5 fully saturated rings. The van der Waals surface area contributed by atoms with E-state index in [0.29, 0.717) is 6.42 Å². The van der Waals surface area contributed by atoms with Gasteiger partial charge in [-0.1, -0.05) is 6.92 Å². The van der Waals surface area contributed by atoms with Crippen LogP contribution in [0.5, 0.6) is 0 Å². The summed E-state index contributed by atoms with van der Waals surface area (Å²) in [7, 11) is -4.46. The summed E-state index contributed by atoms with van der Waals surface area (Å²) in [4.78, 5) is 78.7. The third kappa shape index (κ3) is 9.52. The molecule has 4 bridgehead atoms. The van der Waals surface area contributed by atoms with Crippen molar-refractivity contribution in [1.29, 1.82) is 0 Å². The Morgan fingerprint density at radius 2 is 1.47 bits per heavy atom. The lowest BCUT2D eigenvalue weighted by Crippen LogP contribution is -2.52. The van der Waals surface area contributed by atoms with E-state index >= 15 is 4.39 Å². The average molecular weight is 871 g/mol. The molecular weight excluding hydrogens is 816 g/mol. The van der Waals surface area contributed by atoms with Gasteiger partial charge in [0.2, 0.25) is 11.3 Å². The molecule has 1 saturated heterocycles. The highest BCUT2D eigenvalue weighted by molar-refractivity contribution is 7.85. The number of carbonyl (C=O) groups excluding carboxylic acids is 5. The highest BCUT2D eigenvalue weighted by atomic mass is 32.2. The molecule has 59 heavy (non-hydrogen) atoms. The summed E-state index contributed by atoms with van der Waals surface area (Å²) in [6.45, 7) is 8.71. The Balaban J connectivity index is 1.33. The minimum Gasteiger partial charge on any atom is -0.481 e. The Morgan fingerprint density at radius 3 is 2.00 bits per heavy atom. The van der Waals surface area contributed by atoms with Gasteiger partial charge in [0, 0.05) is 0 Å². The van der Waals surface area contributed by atoms with Gasteiger partial charge in [-0.2, -0.15) is 21.6 Å². The maximum atomic E-state index is 17.4. The molecule has 1 aliphatic heterocycles. The van der Waals surface area contributed by atoms with Crippen molar-refractivity contribution in [1.82, 2.24) is 0 Å². The molecule has 13 unspecified atom stereocenters. The van der Waals surface area contributed by atoms with Crippen molar-refractivity contribution >= 4 is 46.1 Å². The number of esters is 4. The molecule has 0 radical (unpaired) electrons. The summed E-state index contributed by atoms with van der Waals surface area (Å²) in [5, 5.41) is 10.0. The lowest BCUT2D eigenvalue weighted by atomic mass is 9.60. The summed E-state index contributed by atoms with van der Waals surface area (Å²) in [5.41, 5.74) is -8.54. The smallest absolute Gasteiger partial charge is 0.481 e. The van der Waals surface area contributed by atoms with Crippen molar-refractivity contribution in [3.63, 3.8) is 0 Å². The highest BCUT2D eigenvalue weighted by Crippen LogP contribution is 2.63. The molecular formula is C39H54F4O15S. The maximum absolute atomic E-state index is 17.4. The molecule has 13 atom stereocenters. The predicted molar refractivity (Wildman–Crippen MR) is 193 cm³/mol. The highest BCUT2D eigenvalue weighted by Gasteiger charge is 2.69. The number of carboxylic acids is 1. The zero-order chi connectivity index (χ0) is 44.4. The van der Waals surface area contributed by atoms with Gasteiger partial charge in [-0.25, -0.2) is 14.0 Å². The first-order valence-corrected chi connectivity index (χ1v) is 21.5. The van der Waals surface area contributed by atoms with Gasteiger partial charge in [0.1, 0.15) is 30.0 Å². The van der Waals surface area contributed by atoms with Crippen LogP contribution < -0.4 is 0 Å². The second-order valence-corrected chi connectivity index (χ2v) is 20.6. The van der Waals surface area contributed by atoms with E-state index in [0.717, 1.165) is 6.92 Å². The summed E-state index contributed by atoms with van der Waals surface area (Å²) in [6.07, 6.45) is -7.85. The van der Waals surface area contributed by atoms with Crippen LogP contribution in [0.2, 0.25) is 0 Å². The molecule has 0 aromatic rings. The van der Waals surface area contributed by atoms with E-state index in [1.807, 2.05) is 0 Å². The Kier molecular flexibility index (Phi) is 12.7. The number of cyclic esters (lactones) is 2. The standard InChI is InChI=1S/C39H54F4O15S/c1-8-38(40,33(49)55-25-15-18-11-19(25)12-21(18)16-37(7,39(41,42)43)58-34(50)57-35(2,3)4)28-27(30(46)56-31(28)47)26-20-13-22(23(14-20)29(44)45)24(26)17-36(5,6)32(48)54-9-10-59(51,52)53/h18-28H,8-17H2,1-7H3,(H,44,45)(H,51,52,53). The summed E-state index contributed by atoms with van der Waals surface area (Å²) < 4.78 is 117. The van der Waals surface area contributed by atoms with Gasteiger partial charge >= 0.3 is 42.2 Å². The van der Waals surface area contributed by atoms with Gasteiger partial charge in [0.15, 0.2) is 0 Å². The number of ether oxygens (including phenoxy) is 5. The van der Waals surface area contributed by atoms with Crippen LogP contribution in [-0.4, -0.2) is 95.6 Å². The SMILES string of the molecule is CCC(F)(C(=O)OC1CC2CC1CC2CC(C)(OC(=O)OC(C)(C)C)C(F)(F)F)C1C(=O)OC(=O)C1C1C2CC(C(=O)O)C(C2)C1CC(C)(C)C(=O)OCCS(=O)(=O)O. The molecule has 334 valence electrons. The Hall–Kier alpha value is -3.55. The maximum Gasteiger partial charge on any atom is 0.509 e. The first-order chi connectivity index (χ1) is 26.9. The lowest BCUT2D eigenvalue weighted by Gasteiger charge is -2.42. The molecule has 15 nitrogen and oxygen atoms in total. The number of halogens is 4. The van der Waals surface area contributed by atoms with E-state index in [2.05, 4.69) is 0 Å². The zero-order valence-electron chi connectivity index (χ0n) is 34.0. The molecule has 5 rings (SSSR count). The van der Waals surface area contributed by atoms with Crippen molar-refractivity contribution in [3.05, 3.63) is 0 Å². The number of hydrogen-bond donors (Lipinski definition) is 2. The minimum absolute atomic E-state index is 0.0686. The van der Waals surface area contributed by atoms with Gasteiger partial charge in [-0.15, -0.1) is 0 Å². The Morgan fingerprint density at radius 1 is 0.831 bits per heavy atom. The molecule has 0 aromatic carbocycles. The minimum atomic E-state index is -4.95. The number of hydrogen-bond acceptors (Lipinski definition) is 13. The third-order valence-electron chi connectivity index (χ3n) is 13.4. The second-order valence-electron chi connectivity index (χ2n) is 19.0. The van der Waals surface area contributed by atoms with Crippen molar-refractivity contribution in [2.45, 2.75) is 129 Å². The molecule has 1 heterocycles. The fourth-order valence-electron chi connectivity index (χ4n) is 10.8. The third-order valence-corrected chi connectivity index (χ3v) is 14.1. The first-order valence-electron chi connectivity index (χ1n) is 19.9. The first kappa shape index (κ1) is 46.5. The van der Waals surface area contributed by atoms with Crippen molar-refractivity contribution in [2.75, 3.05) is 12.4 Å². The largest absolute Gasteiger partial charge is 0.509 e. The van der Waals surface area contributed by atoms with Gasteiger partial charge in [-0.05, 0) is 134 Å². The molecule has 0 aromatic heterocycles. The fraction of sp³-hybridized carbons (Fsp3) is 0.846. The van der Waals surface area contributed by atoms with Gasteiger partial charge < -0.3 is 28.8 Å². The predicted octanol–water partition coefficient (Wildman–Crippen LogP) is 5.86. The molecule has 20 heteroatoms. The normalized spacial score (nSPS) is 33.9. The molecule has 4 saturated carbocycles. The molecule has 0 spiro atoms. The lowest BCUT2D eigenvalue weighted by molar-refractivity contribution is -0.265. The van der Waals surface area contributed by atoms with Crippen LogP contribution >= 0.6 is 0 Å². The summed E-state index contributed by atoms with van der Waals surface area (Å²) in [6, 6.07) is 0. The molecule has 4 aliphatic carbocycles. The summed E-state index contributed by atoms with van der Waals surface area (Å²) >= 11 is 0. The molecule has 0 amide bonds. The van der Waals surface area contributed by atoms with E-state index in [1.165, 1.54) is 41.5 Å². The number of aliphatic carboxylic acids is 1. The quantitative estimate of drug-likeness (QED) is 0.0647. The van der Waals surface area contributed by atoms with Crippen molar-refractivity contribution < 1.29 is 88.1 Å². The van der Waals surface area contributed by atoms with E-state index in [9.17, 15) is 55.5 Å². The van der Waals surface area contributed by atoms with E-state index < -0.39 is 165 Å². The number of fused-ring (bicyclic) bond motifs is 4. The second kappa shape index (κ2) is 16.0. The number of carbonyl (C=O) groups is 6. The molecule has 2 N–H and O–H groups in total. The van der Waals surface area contributed by atoms with Crippen LogP contribution in [0.25, 0.3) is 0 Å². The number of carboxylic acid groups (broad SMARTS) is 1. The molecule has 5 aliphatic rings. The van der Waals surface area contributed by atoms with Gasteiger partial charge in [0.05, 0.1) is 17.3 Å². The number of rotatable bonds is 15. The Labute approximate surface area is 339 Å². The number of alkyl halides is 4. The van der Waals surface area contributed by atoms with Crippen molar-refractivity contribution in [3.8, 4) is 0 Å². The van der Waals surface area contributed by atoms with Gasteiger partial charge in [0.25, 0.3) is 10.1 Å². The zero-order valence-corrected chi connectivity index (χ0v) is 34.9. The van der Waals surface area contributed by atoms with Crippen LogP contribution in [0, 0.1) is 64.6 Å². The van der Waals surface area contributed by atoms with Crippen LogP contribution in [0.1, 0.15) is 99.8 Å². The monoisotopic (exact) mass is 870 g/mol. The van der Waals surface area contributed by atoms with Gasteiger partial charge in [-0.3, -0.25) is 23.7 Å². The average Bonchev–Trinajstić information content (AvgIpc) is 3.89. The van der Waals surface area contributed by atoms with Crippen molar-refractivity contribution in [2.24, 2.45) is 64.6 Å². The van der Waals surface area contributed by atoms with Crippen LogP contribution in [-0.2, 0) is 57.8 Å². The van der Waals surface area contributed by atoms with E-state index in [-0.39, 0.29) is 32.1 Å². The Bertz CT molecular complexity index is 1810. The topological polar surface area (TPSA) is 223 Å². The fourth-order valence-corrected chi connectivity index (χ4v) is 11.1. The van der Waals surface area contributed by atoms with Crippen LogP contribution in [0.3, 0.4) is 0 Å². The van der Waals surface area contributed by atoms with E-state index in [4.69, 9.17) is 28.2 Å². The van der Waals surface area contributed by atoms with E-state index in [1.54, 1.807) is 0 Å². The van der Waals surface area contributed by atoms with Crippen LogP contribution in [0.4, 0.5) is 22.4 Å². The van der Waals surface area contributed by atoms with Crippen LogP contribution in [0.15, 0.2) is 0 Å².